The van der Waals surface area contributed by atoms with Crippen molar-refractivity contribution in [1.29, 1.82) is 0 Å². The molecule has 1 aromatic heterocycles. The molecular weight excluding hydrogens is 356 g/mol. The highest BCUT2D eigenvalue weighted by atomic mass is 16.5. The summed E-state index contributed by atoms with van der Waals surface area (Å²) in [5, 5.41) is 16.1. The molecule has 1 N–H and O–H groups in total. The van der Waals surface area contributed by atoms with Crippen LogP contribution in [0.25, 0.3) is 0 Å². The minimum atomic E-state index is -0.988. The minimum Gasteiger partial charge on any atom is -0.383 e. The standard InChI is InChI=1S/C21H28N4O3/c1-2-25-10-8-18(22-25)20(26)24-11-9-21(27,17-6-4-3-5-7-17)19(16-24)23-12-14-28-15-13-23/h3-8,10,19,27H,2,9,11-16H2,1H3/t19-,21+/m1/s1. The maximum atomic E-state index is 13.0. The normalized spacial score (nSPS) is 26.4. The largest absolute Gasteiger partial charge is 0.383 e. The number of aliphatic hydroxyl groups is 1. The van der Waals surface area contributed by atoms with Crippen molar-refractivity contribution in [3.8, 4) is 0 Å². The molecule has 0 saturated carbocycles. The molecule has 2 aromatic rings. The number of piperidine rings is 1. The number of nitrogens with zero attached hydrogens (tertiary/aromatic N) is 4. The molecule has 150 valence electrons. The number of carbonyl (C=O) groups excluding carboxylic acids is 1. The van der Waals surface area contributed by atoms with Crippen LogP contribution in [0.15, 0.2) is 42.6 Å². The van der Waals surface area contributed by atoms with Gasteiger partial charge >= 0.3 is 0 Å². The van der Waals surface area contributed by atoms with Crippen LogP contribution in [-0.2, 0) is 16.9 Å². The lowest BCUT2D eigenvalue weighted by Crippen LogP contribution is -2.63. The highest BCUT2D eigenvalue weighted by Gasteiger charge is 2.47. The summed E-state index contributed by atoms with van der Waals surface area (Å²) in [6, 6.07) is 11.4. The fraction of sp³-hybridized carbons (Fsp3) is 0.524. The van der Waals surface area contributed by atoms with E-state index < -0.39 is 5.60 Å². The summed E-state index contributed by atoms with van der Waals surface area (Å²) in [5.41, 5.74) is 0.389. The number of benzene rings is 1. The molecule has 0 aliphatic carbocycles. The summed E-state index contributed by atoms with van der Waals surface area (Å²) in [6.07, 6.45) is 2.33. The number of hydrogen-bond donors (Lipinski definition) is 1. The molecule has 7 nitrogen and oxygen atoms in total. The van der Waals surface area contributed by atoms with Crippen molar-refractivity contribution in [3.63, 3.8) is 0 Å². The Bertz CT molecular complexity index is 803. The topological polar surface area (TPSA) is 70.8 Å². The average Bonchev–Trinajstić information content (AvgIpc) is 3.24. The maximum absolute atomic E-state index is 13.0. The van der Waals surface area contributed by atoms with Crippen molar-refractivity contribution in [2.45, 2.75) is 31.5 Å². The Labute approximate surface area is 165 Å². The first-order chi connectivity index (χ1) is 13.6. The van der Waals surface area contributed by atoms with Crippen LogP contribution >= 0.6 is 0 Å². The molecule has 0 radical (unpaired) electrons. The van der Waals surface area contributed by atoms with Gasteiger partial charge in [-0.2, -0.15) is 5.10 Å². The molecule has 2 fully saturated rings. The first kappa shape index (κ1) is 19.1. The predicted molar refractivity (Wildman–Crippen MR) is 105 cm³/mol. The highest BCUT2D eigenvalue weighted by Crippen LogP contribution is 2.36. The summed E-state index contributed by atoms with van der Waals surface area (Å²) in [7, 11) is 0. The van der Waals surface area contributed by atoms with Crippen molar-refractivity contribution in [3.05, 3.63) is 53.9 Å². The lowest BCUT2D eigenvalue weighted by atomic mass is 9.79. The Morgan fingerprint density at radius 2 is 1.96 bits per heavy atom. The van der Waals surface area contributed by atoms with E-state index in [2.05, 4.69) is 10.00 Å². The van der Waals surface area contributed by atoms with Gasteiger partial charge in [-0.05, 0) is 25.0 Å². The molecule has 7 heteroatoms. The van der Waals surface area contributed by atoms with Crippen molar-refractivity contribution in [1.82, 2.24) is 19.6 Å². The molecule has 2 atom stereocenters. The van der Waals surface area contributed by atoms with Gasteiger partial charge < -0.3 is 14.7 Å². The molecule has 1 amide bonds. The number of hydrogen-bond acceptors (Lipinski definition) is 5. The third kappa shape index (κ3) is 3.57. The Balaban J connectivity index is 1.60. The summed E-state index contributed by atoms with van der Waals surface area (Å²) in [6.45, 7) is 6.52. The zero-order chi connectivity index (χ0) is 19.6. The van der Waals surface area contributed by atoms with Crippen LogP contribution in [0.4, 0.5) is 0 Å². The van der Waals surface area contributed by atoms with Gasteiger partial charge in [-0.3, -0.25) is 14.4 Å². The molecule has 0 bridgehead atoms. The zero-order valence-corrected chi connectivity index (χ0v) is 16.3. The summed E-state index contributed by atoms with van der Waals surface area (Å²) < 4.78 is 7.27. The van der Waals surface area contributed by atoms with Crippen LogP contribution in [0.5, 0.6) is 0 Å². The van der Waals surface area contributed by atoms with Crippen LogP contribution in [0, 0.1) is 0 Å². The van der Waals surface area contributed by atoms with E-state index >= 15 is 0 Å². The van der Waals surface area contributed by atoms with E-state index in [9.17, 15) is 9.90 Å². The Morgan fingerprint density at radius 3 is 2.64 bits per heavy atom. The van der Waals surface area contributed by atoms with Gasteiger partial charge in [0.25, 0.3) is 5.91 Å². The van der Waals surface area contributed by atoms with Crippen molar-refractivity contribution >= 4 is 5.91 Å². The number of amides is 1. The van der Waals surface area contributed by atoms with E-state index in [1.54, 1.807) is 10.7 Å². The van der Waals surface area contributed by atoms with Crippen molar-refractivity contribution in [2.75, 3.05) is 39.4 Å². The Hall–Kier alpha value is -2.22. The van der Waals surface area contributed by atoms with Gasteiger partial charge in [0.1, 0.15) is 11.3 Å². The number of ether oxygens (including phenoxy) is 1. The number of aryl methyl sites for hydroxylation is 1. The van der Waals surface area contributed by atoms with Crippen LogP contribution in [-0.4, -0.2) is 76.0 Å². The average molecular weight is 384 g/mol. The van der Waals surface area contributed by atoms with E-state index in [1.807, 2.05) is 48.4 Å². The molecule has 4 rings (SSSR count). The Morgan fingerprint density at radius 1 is 1.21 bits per heavy atom. The van der Waals surface area contributed by atoms with Gasteiger partial charge in [-0.1, -0.05) is 30.3 Å². The summed E-state index contributed by atoms with van der Waals surface area (Å²) in [5.74, 6) is -0.0689. The molecule has 2 saturated heterocycles. The lowest BCUT2D eigenvalue weighted by molar-refractivity contribution is -0.112. The molecule has 2 aliphatic rings. The third-order valence-electron chi connectivity index (χ3n) is 5.94. The van der Waals surface area contributed by atoms with E-state index in [1.165, 1.54) is 0 Å². The number of rotatable bonds is 4. The first-order valence-corrected chi connectivity index (χ1v) is 10.0. The van der Waals surface area contributed by atoms with Gasteiger partial charge in [-0.25, -0.2) is 0 Å². The maximum Gasteiger partial charge on any atom is 0.274 e. The SMILES string of the molecule is CCn1ccc(C(=O)N2CC[C@](O)(c3ccccc3)[C@H](N3CCOCC3)C2)n1. The highest BCUT2D eigenvalue weighted by molar-refractivity contribution is 5.92. The monoisotopic (exact) mass is 384 g/mol. The summed E-state index contributed by atoms with van der Waals surface area (Å²) in [4.78, 5) is 17.1. The smallest absolute Gasteiger partial charge is 0.274 e. The second-order valence-corrected chi connectivity index (χ2v) is 7.51. The number of morpholine rings is 1. The van der Waals surface area contributed by atoms with E-state index in [-0.39, 0.29) is 11.9 Å². The minimum absolute atomic E-state index is 0.0689. The van der Waals surface area contributed by atoms with Crippen LogP contribution in [0.3, 0.4) is 0 Å². The van der Waals surface area contributed by atoms with E-state index in [4.69, 9.17) is 4.74 Å². The number of carbonyl (C=O) groups is 1. The van der Waals surface area contributed by atoms with E-state index in [0.717, 1.165) is 25.2 Å². The molecule has 0 unspecified atom stereocenters. The third-order valence-corrected chi connectivity index (χ3v) is 5.94. The van der Waals surface area contributed by atoms with Gasteiger partial charge in [0, 0.05) is 38.9 Å². The molecular formula is C21H28N4O3. The van der Waals surface area contributed by atoms with Crippen molar-refractivity contribution < 1.29 is 14.6 Å². The molecule has 3 heterocycles. The van der Waals surface area contributed by atoms with E-state index in [0.29, 0.717) is 38.4 Å². The van der Waals surface area contributed by atoms with Gasteiger partial charge in [0.2, 0.25) is 0 Å². The van der Waals surface area contributed by atoms with Crippen molar-refractivity contribution in [2.24, 2.45) is 0 Å². The number of likely N-dealkylation sites (tertiary alicyclic amines) is 1. The number of aromatic nitrogens is 2. The second kappa shape index (κ2) is 8.03. The Kier molecular flexibility index (Phi) is 5.48. The molecule has 28 heavy (non-hydrogen) atoms. The fourth-order valence-electron chi connectivity index (χ4n) is 4.29. The van der Waals surface area contributed by atoms with Crippen LogP contribution in [0.2, 0.25) is 0 Å². The van der Waals surface area contributed by atoms with Gasteiger partial charge in [0.05, 0.1) is 19.3 Å². The first-order valence-electron chi connectivity index (χ1n) is 10.0. The van der Waals surface area contributed by atoms with Gasteiger partial charge in [0.15, 0.2) is 0 Å². The van der Waals surface area contributed by atoms with Gasteiger partial charge in [-0.15, -0.1) is 0 Å². The fourth-order valence-corrected chi connectivity index (χ4v) is 4.29. The molecule has 1 aromatic carbocycles. The molecule has 0 spiro atoms. The predicted octanol–water partition coefficient (Wildman–Crippen LogP) is 1.34. The lowest BCUT2D eigenvalue weighted by Gasteiger charge is -2.50. The van der Waals surface area contributed by atoms with Crippen LogP contribution in [0.1, 0.15) is 29.4 Å². The van der Waals surface area contributed by atoms with Crippen LogP contribution < -0.4 is 0 Å². The zero-order valence-electron chi connectivity index (χ0n) is 16.3. The summed E-state index contributed by atoms with van der Waals surface area (Å²) >= 11 is 0. The second-order valence-electron chi connectivity index (χ2n) is 7.51. The molecule has 2 aliphatic heterocycles. The quantitative estimate of drug-likeness (QED) is 0.861.